The minimum atomic E-state index is 0.258. The summed E-state index contributed by atoms with van der Waals surface area (Å²) in [7, 11) is 0. The Bertz CT molecular complexity index is 695. The molecule has 0 fully saturated rings. The summed E-state index contributed by atoms with van der Waals surface area (Å²) >= 11 is 3.36. The van der Waals surface area contributed by atoms with E-state index in [0.29, 0.717) is 12.1 Å². The first-order chi connectivity index (χ1) is 9.78. The van der Waals surface area contributed by atoms with Crippen molar-refractivity contribution in [2.45, 2.75) is 6.54 Å². The Morgan fingerprint density at radius 1 is 1.25 bits per heavy atom. The second kappa shape index (κ2) is 5.43. The van der Waals surface area contributed by atoms with E-state index >= 15 is 0 Å². The summed E-state index contributed by atoms with van der Waals surface area (Å²) in [5.41, 5.74) is 2.41. The number of hydrogen-bond donors (Lipinski definition) is 1. The van der Waals surface area contributed by atoms with E-state index in [1.165, 1.54) is 0 Å². The van der Waals surface area contributed by atoms with Gasteiger partial charge in [0.25, 0.3) is 0 Å². The fourth-order valence-electron chi connectivity index (χ4n) is 2.08. The molecule has 0 saturated carbocycles. The maximum atomic E-state index is 9.14. The molecule has 2 aromatic rings. The molecule has 0 aromatic heterocycles. The van der Waals surface area contributed by atoms with Crippen molar-refractivity contribution in [3.8, 4) is 17.6 Å². The van der Waals surface area contributed by atoms with Crippen LogP contribution in [0.2, 0.25) is 0 Å². The highest BCUT2D eigenvalue weighted by atomic mass is 79.9. The number of hydrogen-bond acceptors (Lipinski definition) is 4. The van der Waals surface area contributed by atoms with Crippen molar-refractivity contribution >= 4 is 21.6 Å². The minimum absolute atomic E-state index is 0.258. The van der Waals surface area contributed by atoms with Gasteiger partial charge in [-0.2, -0.15) is 5.26 Å². The number of nitrogens with one attached hydrogen (secondary N) is 1. The molecule has 0 amide bonds. The Morgan fingerprint density at radius 2 is 2.15 bits per heavy atom. The number of nitriles is 1. The molecule has 0 spiro atoms. The first-order valence-corrected chi connectivity index (χ1v) is 6.88. The Labute approximate surface area is 125 Å². The van der Waals surface area contributed by atoms with Crippen LogP contribution in [0, 0.1) is 11.3 Å². The number of benzene rings is 2. The van der Waals surface area contributed by atoms with Gasteiger partial charge in [0.2, 0.25) is 6.79 Å². The van der Waals surface area contributed by atoms with Gasteiger partial charge in [0.05, 0.1) is 11.3 Å². The lowest BCUT2D eigenvalue weighted by atomic mass is 10.1. The van der Waals surface area contributed by atoms with Crippen LogP contribution in [-0.4, -0.2) is 6.79 Å². The van der Waals surface area contributed by atoms with E-state index in [-0.39, 0.29) is 6.79 Å². The Balaban J connectivity index is 1.81. The fraction of sp³-hybridized carbons (Fsp3) is 0.133. The summed E-state index contributed by atoms with van der Waals surface area (Å²) in [6.07, 6.45) is 0. The third-order valence-electron chi connectivity index (χ3n) is 3.05. The minimum Gasteiger partial charge on any atom is -0.454 e. The van der Waals surface area contributed by atoms with Crippen LogP contribution in [-0.2, 0) is 6.54 Å². The fourth-order valence-corrected chi connectivity index (χ4v) is 2.44. The summed E-state index contributed by atoms with van der Waals surface area (Å²) < 4.78 is 11.7. The van der Waals surface area contributed by atoms with Gasteiger partial charge in [0, 0.05) is 16.6 Å². The van der Waals surface area contributed by atoms with Crippen LogP contribution < -0.4 is 14.8 Å². The summed E-state index contributed by atoms with van der Waals surface area (Å²) in [5, 5.41) is 12.4. The molecular formula is C15H11BrN2O2. The number of fused-ring (bicyclic) bond motifs is 1. The average molecular weight is 331 g/mol. The predicted octanol–water partition coefficient (Wildman–Crippen LogP) is 3.66. The van der Waals surface area contributed by atoms with Crippen molar-refractivity contribution in [2.75, 3.05) is 12.1 Å². The summed E-state index contributed by atoms with van der Waals surface area (Å²) in [6.45, 7) is 0.830. The van der Waals surface area contributed by atoms with Crippen LogP contribution >= 0.6 is 15.9 Å². The van der Waals surface area contributed by atoms with Gasteiger partial charge >= 0.3 is 0 Å². The van der Waals surface area contributed by atoms with Gasteiger partial charge in [-0.1, -0.05) is 28.1 Å². The van der Waals surface area contributed by atoms with Crippen molar-refractivity contribution in [3.63, 3.8) is 0 Å². The SMILES string of the molecule is N#Cc1cc(Br)ccc1NCc1cccc2c1OCO2. The molecule has 0 radical (unpaired) electrons. The lowest BCUT2D eigenvalue weighted by molar-refractivity contribution is 0.173. The van der Waals surface area contributed by atoms with E-state index in [1.54, 1.807) is 6.07 Å². The molecule has 1 aliphatic heterocycles. The summed E-state index contributed by atoms with van der Waals surface area (Å²) in [5.74, 6) is 1.54. The largest absolute Gasteiger partial charge is 0.454 e. The van der Waals surface area contributed by atoms with Gasteiger partial charge in [-0.3, -0.25) is 0 Å². The smallest absolute Gasteiger partial charge is 0.231 e. The standard InChI is InChI=1S/C15H11BrN2O2/c16-12-4-5-13(11(6-12)7-17)18-8-10-2-1-3-14-15(10)20-9-19-14/h1-6,18H,8-9H2. The number of rotatable bonds is 3. The van der Waals surface area contributed by atoms with Gasteiger partial charge in [0.15, 0.2) is 11.5 Å². The number of anilines is 1. The van der Waals surface area contributed by atoms with E-state index in [4.69, 9.17) is 14.7 Å². The van der Waals surface area contributed by atoms with Crippen LogP contribution in [0.3, 0.4) is 0 Å². The maximum Gasteiger partial charge on any atom is 0.231 e. The van der Waals surface area contributed by atoms with Gasteiger partial charge in [0.1, 0.15) is 6.07 Å². The zero-order chi connectivity index (χ0) is 13.9. The van der Waals surface area contributed by atoms with E-state index in [9.17, 15) is 0 Å². The molecule has 0 aliphatic carbocycles. The molecule has 1 aliphatic rings. The maximum absolute atomic E-state index is 9.14. The molecule has 1 heterocycles. The first kappa shape index (κ1) is 12.8. The molecular weight excluding hydrogens is 320 g/mol. The highest BCUT2D eigenvalue weighted by Crippen LogP contribution is 2.35. The molecule has 100 valence electrons. The van der Waals surface area contributed by atoms with Crippen LogP contribution in [0.25, 0.3) is 0 Å². The molecule has 5 heteroatoms. The molecule has 0 atom stereocenters. The highest BCUT2D eigenvalue weighted by molar-refractivity contribution is 9.10. The van der Waals surface area contributed by atoms with Crippen LogP contribution in [0.1, 0.15) is 11.1 Å². The molecule has 2 aromatic carbocycles. The van der Waals surface area contributed by atoms with Gasteiger partial charge in [-0.05, 0) is 24.3 Å². The molecule has 1 N–H and O–H groups in total. The van der Waals surface area contributed by atoms with E-state index in [2.05, 4.69) is 27.3 Å². The topological polar surface area (TPSA) is 54.3 Å². The van der Waals surface area contributed by atoms with Gasteiger partial charge < -0.3 is 14.8 Å². The Hall–Kier alpha value is -2.19. The number of para-hydroxylation sites is 1. The van der Waals surface area contributed by atoms with Crippen molar-refractivity contribution in [1.82, 2.24) is 0 Å². The lowest BCUT2D eigenvalue weighted by Crippen LogP contribution is -2.02. The number of ether oxygens (including phenoxy) is 2. The average Bonchev–Trinajstić information content (AvgIpc) is 2.94. The van der Waals surface area contributed by atoms with Crippen molar-refractivity contribution in [2.24, 2.45) is 0 Å². The Morgan fingerprint density at radius 3 is 3.00 bits per heavy atom. The van der Waals surface area contributed by atoms with E-state index in [1.807, 2.05) is 30.3 Å². The number of nitrogens with zero attached hydrogens (tertiary/aromatic N) is 1. The number of halogens is 1. The molecule has 3 rings (SSSR count). The van der Waals surface area contributed by atoms with Crippen molar-refractivity contribution in [3.05, 3.63) is 52.0 Å². The quantitative estimate of drug-likeness (QED) is 0.933. The van der Waals surface area contributed by atoms with Crippen LogP contribution in [0.15, 0.2) is 40.9 Å². The molecule has 20 heavy (non-hydrogen) atoms. The Kier molecular flexibility index (Phi) is 3.48. The zero-order valence-electron chi connectivity index (χ0n) is 10.5. The highest BCUT2D eigenvalue weighted by Gasteiger charge is 2.17. The van der Waals surface area contributed by atoms with E-state index in [0.717, 1.165) is 27.2 Å². The first-order valence-electron chi connectivity index (χ1n) is 6.09. The molecule has 0 unspecified atom stereocenters. The zero-order valence-corrected chi connectivity index (χ0v) is 12.1. The normalized spacial score (nSPS) is 12.0. The second-order valence-electron chi connectivity index (χ2n) is 4.31. The van der Waals surface area contributed by atoms with Crippen molar-refractivity contribution in [1.29, 1.82) is 5.26 Å². The molecule has 4 nitrogen and oxygen atoms in total. The molecule has 0 bridgehead atoms. The predicted molar refractivity (Wildman–Crippen MR) is 78.7 cm³/mol. The van der Waals surface area contributed by atoms with Crippen LogP contribution in [0.4, 0.5) is 5.69 Å². The second-order valence-corrected chi connectivity index (χ2v) is 5.22. The van der Waals surface area contributed by atoms with E-state index < -0.39 is 0 Å². The molecule has 0 saturated heterocycles. The van der Waals surface area contributed by atoms with Crippen molar-refractivity contribution < 1.29 is 9.47 Å². The third-order valence-corrected chi connectivity index (χ3v) is 3.54. The van der Waals surface area contributed by atoms with Crippen LogP contribution in [0.5, 0.6) is 11.5 Å². The third kappa shape index (κ3) is 2.43. The monoisotopic (exact) mass is 330 g/mol. The summed E-state index contributed by atoms with van der Waals surface area (Å²) in [6, 6.07) is 13.5. The van der Waals surface area contributed by atoms with Gasteiger partial charge in [-0.25, -0.2) is 0 Å². The van der Waals surface area contributed by atoms with Gasteiger partial charge in [-0.15, -0.1) is 0 Å². The summed E-state index contributed by atoms with van der Waals surface area (Å²) in [4.78, 5) is 0. The lowest BCUT2D eigenvalue weighted by Gasteiger charge is -2.10.